The summed E-state index contributed by atoms with van der Waals surface area (Å²) >= 11 is 3.27. The predicted molar refractivity (Wildman–Crippen MR) is 56.2 cm³/mol. The van der Waals surface area contributed by atoms with Gasteiger partial charge in [-0.3, -0.25) is 5.41 Å². The summed E-state index contributed by atoms with van der Waals surface area (Å²) in [5, 5.41) is 10.2. The summed E-state index contributed by atoms with van der Waals surface area (Å²) < 4.78 is 0.957. The molecule has 0 radical (unpaired) electrons. The molecule has 0 amide bonds. The van der Waals surface area contributed by atoms with Crippen molar-refractivity contribution in [3.8, 4) is 0 Å². The quantitative estimate of drug-likeness (QED) is 0.394. The maximum Gasteiger partial charge on any atom is 0.173 e. The molecule has 0 aromatic heterocycles. The summed E-state index contributed by atoms with van der Waals surface area (Å²) in [5.74, 6) is -0.0162. The first kappa shape index (κ1) is 11.9. The smallest absolute Gasteiger partial charge is 0.173 e. The third kappa shape index (κ3) is 3.91. The number of nitrogens with one attached hydrogen (secondary N) is 2. The molecule has 0 unspecified atom stereocenters. The van der Waals surface area contributed by atoms with Crippen molar-refractivity contribution in [3.63, 3.8) is 0 Å². The lowest BCUT2D eigenvalue weighted by molar-refractivity contribution is 1.16. The molecule has 0 saturated carbocycles. The zero-order valence-electron chi connectivity index (χ0n) is 7.21. The highest BCUT2D eigenvalue weighted by molar-refractivity contribution is 9.10. The average molecular weight is 243 g/mol. The number of benzene rings is 1. The van der Waals surface area contributed by atoms with Gasteiger partial charge in [-0.2, -0.15) is 0 Å². The van der Waals surface area contributed by atoms with Crippen molar-refractivity contribution in [2.24, 2.45) is 10.8 Å². The first-order chi connectivity index (χ1) is 6.24. The third-order valence-electron chi connectivity index (χ3n) is 1.23. The molecule has 0 aliphatic carbocycles. The van der Waals surface area contributed by atoms with E-state index in [-0.39, 0.29) is 5.84 Å². The van der Waals surface area contributed by atoms with Gasteiger partial charge in [0.1, 0.15) is 0 Å². The second kappa shape index (κ2) is 6.45. The lowest BCUT2D eigenvalue weighted by Gasteiger charge is -1.94. The minimum atomic E-state index is -0.0162. The first-order valence-corrected chi connectivity index (χ1v) is 4.33. The fourth-order valence-electron chi connectivity index (χ4n) is 0.672. The van der Waals surface area contributed by atoms with E-state index in [9.17, 15) is 0 Å². The van der Waals surface area contributed by atoms with Gasteiger partial charge in [0.15, 0.2) is 5.84 Å². The standard InChI is InChI=1S/C7H6BrN3.CH5N/c8-6-3-1-5(2-4-6)7(9)11-10;1-2/h1-4,9-10H;2H2,1H3. The Kier molecular flexibility index (Phi) is 5.92. The van der Waals surface area contributed by atoms with Crippen LogP contribution in [0.5, 0.6) is 0 Å². The zero-order valence-corrected chi connectivity index (χ0v) is 8.80. The molecular weight excluding hydrogens is 232 g/mol. The Hall–Kier alpha value is -1.07. The molecule has 0 aliphatic heterocycles. The molecular formula is C8H11BrN4. The van der Waals surface area contributed by atoms with Crippen LogP contribution in [0.25, 0.3) is 0 Å². The van der Waals surface area contributed by atoms with Gasteiger partial charge in [-0.1, -0.05) is 28.1 Å². The Morgan fingerprint density at radius 2 is 1.77 bits per heavy atom. The Balaban J connectivity index is 0.000000671. The first-order valence-electron chi connectivity index (χ1n) is 3.53. The number of hydrogen-bond donors (Lipinski definition) is 3. The van der Waals surface area contributed by atoms with E-state index in [1.54, 1.807) is 12.1 Å². The normalized spacial score (nSPS) is 8.23. The Morgan fingerprint density at radius 1 is 1.31 bits per heavy atom. The Bertz CT molecular complexity index is 281. The second-order valence-electron chi connectivity index (χ2n) is 1.97. The highest BCUT2D eigenvalue weighted by atomic mass is 79.9. The molecule has 5 heteroatoms. The van der Waals surface area contributed by atoms with E-state index in [1.165, 1.54) is 7.05 Å². The molecule has 0 spiro atoms. The minimum Gasteiger partial charge on any atom is -0.333 e. The van der Waals surface area contributed by atoms with Crippen LogP contribution in [0.15, 0.2) is 33.9 Å². The molecule has 0 fully saturated rings. The molecule has 1 rings (SSSR count). The van der Waals surface area contributed by atoms with E-state index < -0.39 is 0 Å². The summed E-state index contributed by atoms with van der Waals surface area (Å²) in [6.45, 7) is 0. The molecule has 0 heterocycles. The van der Waals surface area contributed by atoms with Gasteiger partial charge in [-0.15, -0.1) is 5.11 Å². The van der Waals surface area contributed by atoms with E-state index in [0.29, 0.717) is 5.56 Å². The highest BCUT2D eigenvalue weighted by Gasteiger charge is 1.96. The van der Waals surface area contributed by atoms with Crippen LogP contribution in [0.2, 0.25) is 0 Å². The van der Waals surface area contributed by atoms with Crippen LogP contribution < -0.4 is 5.73 Å². The van der Waals surface area contributed by atoms with Gasteiger partial charge in [0.05, 0.1) is 0 Å². The molecule has 4 N–H and O–H groups in total. The topological polar surface area (TPSA) is 86.1 Å². The van der Waals surface area contributed by atoms with E-state index in [1.807, 2.05) is 12.1 Å². The molecule has 0 bridgehead atoms. The van der Waals surface area contributed by atoms with Crippen LogP contribution >= 0.6 is 15.9 Å². The van der Waals surface area contributed by atoms with Gasteiger partial charge in [-0.05, 0) is 19.2 Å². The van der Waals surface area contributed by atoms with Crippen LogP contribution in [0.4, 0.5) is 0 Å². The van der Waals surface area contributed by atoms with Crippen molar-refractivity contribution in [3.05, 3.63) is 34.3 Å². The van der Waals surface area contributed by atoms with Crippen LogP contribution in [0.3, 0.4) is 0 Å². The number of amidine groups is 1. The SMILES string of the molecule is CN.N=NC(=N)c1ccc(Br)cc1. The molecule has 13 heavy (non-hydrogen) atoms. The molecule has 4 nitrogen and oxygen atoms in total. The molecule has 0 atom stereocenters. The number of nitrogens with two attached hydrogens (primary N) is 1. The largest absolute Gasteiger partial charge is 0.333 e. The Morgan fingerprint density at radius 3 is 2.15 bits per heavy atom. The highest BCUT2D eigenvalue weighted by Crippen LogP contribution is 2.10. The van der Waals surface area contributed by atoms with Crippen molar-refractivity contribution in [1.29, 1.82) is 10.9 Å². The molecule has 0 aliphatic rings. The van der Waals surface area contributed by atoms with E-state index in [4.69, 9.17) is 10.9 Å². The molecule has 1 aromatic rings. The fraction of sp³-hybridized carbons (Fsp3) is 0.125. The van der Waals surface area contributed by atoms with E-state index in [0.717, 1.165) is 4.47 Å². The molecule has 1 aromatic carbocycles. The Labute approximate surface area is 85.3 Å². The second-order valence-corrected chi connectivity index (χ2v) is 2.88. The number of halogens is 1. The van der Waals surface area contributed by atoms with Crippen molar-refractivity contribution < 1.29 is 0 Å². The lowest BCUT2D eigenvalue weighted by atomic mass is 10.2. The maximum absolute atomic E-state index is 7.18. The molecule has 0 saturated heterocycles. The summed E-state index contributed by atoms with van der Waals surface area (Å²) in [5.41, 5.74) is 11.7. The van der Waals surface area contributed by atoms with E-state index >= 15 is 0 Å². The van der Waals surface area contributed by atoms with Crippen LogP contribution in [0, 0.1) is 10.9 Å². The maximum atomic E-state index is 7.18. The van der Waals surface area contributed by atoms with Crippen LogP contribution in [0.1, 0.15) is 5.56 Å². The van der Waals surface area contributed by atoms with Gasteiger partial charge in [0.2, 0.25) is 0 Å². The zero-order chi connectivity index (χ0) is 10.3. The summed E-state index contributed by atoms with van der Waals surface area (Å²) in [4.78, 5) is 0. The third-order valence-corrected chi connectivity index (χ3v) is 1.76. The van der Waals surface area contributed by atoms with Gasteiger partial charge >= 0.3 is 0 Å². The number of rotatable bonds is 1. The van der Waals surface area contributed by atoms with Crippen molar-refractivity contribution in [2.75, 3.05) is 7.05 Å². The van der Waals surface area contributed by atoms with Crippen LogP contribution in [-0.2, 0) is 0 Å². The van der Waals surface area contributed by atoms with Gasteiger partial charge in [-0.25, -0.2) is 5.53 Å². The number of hydrogen-bond acceptors (Lipinski definition) is 3. The van der Waals surface area contributed by atoms with E-state index in [2.05, 4.69) is 26.8 Å². The van der Waals surface area contributed by atoms with Gasteiger partial charge < -0.3 is 5.73 Å². The van der Waals surface area contributed by atoms with Gasteiger partial charge in [0, 0.05) is 10.0 Å². The fourth-order valence-corrected chi connectivity index (χ4v) is 0.937. The van der Waals surface area contributed by atoms with Crippen LogP contribution in [-0.4, -0.2) is 12.9 Å². The predicted octanol–water partition coefficient (Wildman–Crippen LogP) is 2.38. The van der Waals surface area contributed by atoms with Gasteiger partial charge in [0.25, 0.3) is 0 Å². The monoisotopic (exact) mass is 242 g/mol. The van der Waals surface area contributed by atoms with Crippen molar-refractivity contribution in [2.45, 2.75) is 0 Å². The molecule has 70 valence electrons. The minimum absolute atomic E-state index is 0.0162. The van der Waals surface area contributed by atoms with Crippen molar-refractivity contribution in [1.82, 2.24) is 0 Å². The summed E-state index contributed by atoms with van der Waals surface area (Å²) in [6, 6.07) is 7.11. The lowest BCUT2D eigenvalue weighted by Crippen LogP contribution is -1.91. The average Bonchev–Trinajstić information content (AvgIpc) is 2.21. The summed E-state index contributed by atoms with van der Waals surface area (Å²) in [7, 11) is 1.50. The van der Waals surface area contributed by atoms with Crippen molar-refractivity contribution >= 4 is 21.8 Å². The summed E-state index contributed by atoms with van der Waals surface area (Å²) in [6.07, 6.45) is 0. The number of nitrogens with zero attached hydrogens (tertiary/aromatic N) is 1.